The Bertz CT molecular complexity index is 1450. The Labute approximate surface area is 228 Å². The van der Waals surface area contributed by atoms with Crippen LogP contribution in [0.3, 0.4) is 0 Å². The molecule has 1 aromatic heterocycles. The van der Waals surface area contributed by atoms with Crippen LogP contribution in [-0.2, 0) is 16.0 Å². The molecule has 1 atom stereocenters. The molecule has 1 heterocycles. The van der Waals surface area contributed by atoms with E-state index in [4.69, 9.17) is 16.7 Å². The van der Waals surface area contributed by atoms with Crippen molar-refractivity contribution in [2.45, 2.75) is 12.5 Å². The zero-order valence-electron chi connectivity index (χ0n) is 20.6. The van der Waals surface area contributed by atoms with E-state index < -0.39 is 18.3 Å². The monoisotopic (exact) mass is 549 g/mol. The van der Waals surface area contributed by atoms with Crippen LogP contribution in [0.25, 0.3) is 11.8 Å². The van der Waals surface area contributed by atoms with E-state index in [0.717, 1.165) is 5.56 Å². The number of amides is 1. The van der Waals surface area contributed by atoms with E-state index in [0.29, 0.717) is 34.9 Å². The highest BCUT2D eigenvalue weighted by Gasteiger charge is 2.14. The lowest BCUT2D eigenvalue weighted by Gasteiger charge is -2.20. The van der Waals surface area contributed by atoms with E-state index in [1.807, 2.05) is 30.3 Å². The summed E-state index contributed by atoms with van der Waals surface area (Å²) in [5, 5.41) is 29.1. The molecule has 39 heavy (non-hydrogen) atoms. The summed E-state index contributed by atoms with van der Waals surface area (Å²) in [4.78, 5) is 23.6. The number of nitrogens with zero attached hydrogens (tertiary/aromatic N) is 4. The molecule has 0 aliphatic heterocycles. The number of aromatic nitrogens is 4. The number of aliphatic carboxylic acids is 1. The Balaban J connectivity index is 1.45. The first-order valence-corrected chi connectivity index (χ1v) is 12.3. The fourth-order valence-electron chi connectivity index (χ4n) is 3.81. The fraction of sp³-hybridized carbons (Fsp3) is 0.148. The number of carboxylic acids is 1. The molecule has 4 N–H and O–H groups in total. The average molecular weight is 550 g/mol. The van der Waals surface area contributed by atoms with Crippen LogP contribution in [-0.4, -0.2) is 56.3 Å². The summed E-state index contributed by atoms with van der Waals surface area (Å²) in [5.41, 5.74) is 2.89. The van der Waals surface area contributed by atoms with Crippen molar-refractivity contribution in [3.8, 4) is 5.69 Å². The van der Waals surface area contributed by atoms with Crippen LogP contribution in [0.1, 0.15) is 11.1 Å². The molecule has 0 bridgehead atoms. The van der Waals surface area contributed by atoms with Gasteiger partial charge in [-0.05, 0) is 64.9 Å². The van der Waals surface area contributed by atoms with Crippen LogP contribution in [0, 0.1) is 5.82 Å². The van der Waals surface area contributed by atoms with Gasteiger partial charge in [-0.15, -0.1) is 5.10 Å². The number of nitrogens with one attached hydrogen (secondary N) is 3. The van der Waals surface area contributed by atoms with Gasteiger partial charge in [0.15, 0.2) is 0 Å². The SMILES string of the molecule is O=C(O)CNc1ccc(NCC(Cc2ccccc2)NC(=O)/C=C/c2cc(Cl)ccc2-n2cnnn2)cc1F. The maximum atomic E-state index is 14.4. The zero-order valence-corrected chi connectivity index (χ0v) is 21.3. The van der Waals surface area contributed by atoms with Gasteiger partial charge in [-0.1, -0.05) is 41.9 Å². The number of carboxylic acid groups (broad SMARTS) is 1. The number of hydrogen-bond donors (Lipinski definition) is 4. The van der Waals surface area contributed by atoms with Gasteiger partial charge in [-0.3, -0.25) is 9.59 Å². The second-order valence-electron chi connectivity index (χ2n) is 8.51. The van der Waals surface area contributed by atoms with Crippen molar-refractivity contribution >= 4 is 40.9 Å². The smallest absolute Gasteiger partial charge is 0.322 e. The summed E-state index contributed by atoms with van der Waals surface area (Å²) in [6.07, 6.45) is 5.00. The van der Waals surface area contributed by atoms with Crippen molar-refractivity contribution in [3.63, 3.8) is 0 Å². The van der Waals surface area contributed by atoms with E-state index in [-0.39, 0.29) is 17.6 Å². The topological polar surface area (TPSA) is 134 Å². The van der Waals surface area contributed by atoms with Gasteiger partial charge in [-0.25, -0.2) is 4.39 Å². The third-order valence-corrected chi connectivity index (χ3v) is 5.86. The Hall–Kier alpha value is -4.77. The van der Waals surface area contributed by atoms with Gasteiger partial charge < -0.3 is 21.1 Å². The molecule has 12 heteroatoms. The molecule has 1 amide bonds. The summed E-state index contributed by atoms with van der Waals surface area (Å²) in [6, 6.07) is 18.8. The highest BCUT2D eigenvalue weighted by Crippen LogP contribution is 2.21. The molecule has 0 aliphatic rings. The van der Waals surface area contributed by atoms with Crippen LogP contribution in [0.15, 0.2) is 79.1 Å². The predicted octanol–water partition coefficient (Wildman–Crippen LogP) is 3.80. The number of halogens is 2. The highest BCUT2D eigenvalue weighted by atomic mass is 35.5. The van der Waals surface area contributed by atoms with Crippen molar-refractivity contribution in [2.75, 3.05) is 23.7 Å². The number of carbonyl (C=O) groups excluding carboxylic acids is 1. The number of benzene rings is 3. The Morgan fingerprint density at radius 2 is 1.90 bits per heavy atom. The third kappa shape index (κ3) is 8.11. The number of carbonyl (C=O) groups is 2. The lowest BCUT2D eigenvalue weighted by Crippen LogP contribution is -2.40. The van der Waals surface area contributed by atoms with Crippen LogP contribution < -0.4 is 16.0 Å². The van der Waals surface area contributed by atoms with Gasteiger partial charge in [0.05, 0.1) is 17.4 Å². The van der Waals surface area contributed by atoms with Crippen molar-refractivity contribution in [2.24, 2.45) is 0 Å². The Morgan fingerprint density at radius 3 is 2.62 bits per heavy atom. The number of anilines is 2. The van der Waals surface area contributed by atoms with Gasteiger partial charge in [0.1, 0.15) is 18.7 Å². The molecule has 3 aromatic carbocycles. The highest BCUT2D eigenvalue weighted by molar-refractivity contribution is 6.30. The molecule has 10 nitrogen and oxygen atoms in total. The minimum absolute atomic E-state index is 0.0873. The summed E-state index contributed by atoms with van der Waals surface area (Å²) < 4.78 is 15.9. The molecule has 4 rings (SSSR count). The van der Waals surface area contributed by atoms with Gasteiger partial charge >= 0.3 is 5.97 Å². The van der Waals surface area contributed by atoms with Crippen LogP contribution in [0.2, 0.25) is 5.02 Å². The molecule has 0 aliphatic carbocycles. The molecular formula is C27H25ClFN7O3. The summed E-state index contributed by atoms with van der Waals surface area (Å²) >= 11 is 6.16. The van der Waals surface area contributed by atoms with E-state index in [9.17, 15) is 14.0 Å². The second-order valence-corrected chi connectivity index (χ2v) is 8.95. The van der Waals surface area contributed by atoms with Gasteiger partial charge in [0, 0.05) is 28.9 Å². The third-order valence-electron chi connectivity index (χ3n) is 5.62. The quantitative estimate of drug-likeness (QED) is 0.196. The first kappa shape index (κ1) is 27.3. The van der Waals surface area contributed by atoms with Crippen LogP contribution >= 0.6 is 11.6 Å². The van der Waals surface area contributed by atoms with E-state index in [1.165, 1.54) is 29.2 Å². The molecular weight excluding hydrogens is 525 g/mol. The van der Waals surface area contributed by atoms with Gasteiger partial charge in [0.25, 0.3) is 0 Å². The second kappa shape index (κ2) is 13.2. The normalized spacial score (nSPS) is 11.7. The lowest BCUT2D eigenvalue weighted by molar-refractivity contribution is -0.135. The van der Waals surface area contributed by atoms with Crippen molar-refractivity contribution in [1.29, 1.82) is 0 Å². The number of tetrazole rings is 1. The van der Waals surface area contributed by atoms with Crippen LogP contribution in [0.4, 0.5) is 15.8 Å². The molecule has 0 spiro atoms. The standard InChI is InChI=1S/C27H25ClFN7O3/c28-20-7-10-25(36-17-32-34-35-36)19(13-20)6-11-26(37)33-22(12-18-4-2-1-3-5-18)15-30-21-8-9-24(23(29)14-21)31-16-27(38)39/h1-11,13-14,17,22,30-31H,12,15-16H2,(H,33,37)(H,38,39)/b11-6+. The fourth-order valence-corrected chi connectivity index (χ4v) is 3.99. The van der Waals surface area contributed by atoms with Crippen molar-refractivity contribution < 1.29 is 19.1 Å². The number of hydrogen-bond acceptors (Lipinski definition) is 7. The minimum atomic E-state index is -1.09. The summed E-state index contributed by atoms with van der Waals surface area (Å²) in [5.74, 6) is -2.01. The summed E-state index contributed by atoms with van der Waals surface area (Å²) in [6.45, 7) is -0.0857. The molecule has 0 fully saturated rings. The maximum Gasteiger partial charge on any atom is 0.322 e. The molecule has 0 saturated carbocycles. The van der Waals surface area contributed by atoms with Crippen LogP contribution in [0.5, 0.6) is 0 Å². The zero-order chi connectivity index (χ0) is 27.6. The molecule has 0 radical (unpaired) electrons. The molecule has 0 saturated heterocycles. The Kier molecular flexibility index (Phi) is 9.20. The first-order chi connectivity index (χ1) is 18.9. The first-order valence-electron chi connectivity index (χ1n) is 11.9. The van der Waals surface area contributed by atoms with Crippen molar-refractivity contribution in [1.82, 2.24) is 25.5 Å². The van der Waals surface area contributed by atoms with E-state index >= 15 is 0 Å². The van der Waals surface area contributed by atoms with E-state index in [2.05, 4.69) is 31.5 Å². The molecule has 200 valence electrons. The van der Waals surface area contributed by atoms with Gasteiger partial charge in [-0.2, -0.15) is 4.68 Å². The minimum Gasteiger partial charge on any atom is -0.480 e. The predicted molar refractivity (Wildman–Crippen MR) is 146 cm³/mol. The van der Waals surface area contributed by atoms with Crippen molar-refractivity contribution in [3.05, 3.63) is 101 Å². The lowest BCUT2D eigenvalue weighted by atomic mass is 10.1. The number of rotatable bonds is 12. The average Bonchev–Trinajstić information content (AvgIpc) is 3.45. The maximum absolute atomic E-state index is 14.4. The molecule has 1 unspecified atom stereocenters. The molecule has 4 aromatic rings. The Morgan fingerprint density at radius 1 is 1.08 bits per heavy atom. The largest absolute Gasteiger partial charge is 0.480 e. The summed E-state index contributed by atoms with van der Waals surface area (Å²) in [7, 11) is 0. The van der Waals surface area contributed by atoms with Gasteiger partial charge in [0.2, 0.25) is 5.91 Å². The van der Waals surface area contributed by atoms with E-state index in [1.54, 1.807) is 30.3 Å².